The van der Waals surface area contributed by atoms with E-state index in [1.54, 1.807) is 66.6 Å². The molecule has 4 rings (SSSR count). The standard InChI is InChI=1S/C21H18N6O4/c1-26(15-7-16(31-2)10-22-9-15)20(28)14-4-6-19-24-11-17(27(19)12-14)13-3-5-18(23-8-13)25-21(29)30/h3-12H,1-2H3,(H,23,25)(H,29,30). The van der Waals surface area contributed by atoms with E-state index in [4.69, 9.17) is 9.84 Å². The number of carbonyl (C=O) groups is 2. The van der Waals surface area contributed by atoms with Gasteiger partial charge in [0.05, 0.1) is 42.6 Å². The number of carboxylic acid groups (broad SMARTS) is 1. The largest absolute Gasteiger partial charge is 0.495 e. The summed E-state index contributed by atoms with van der Waals surface area (Å²) >= 11 is 0. The molecule has 31 heavy (non-hydrogen) atoms. The van der Waals surface area contributed by atoms with Crippen LogP contribution in [0.2, 0.25) is 0 Å². The van der Waals surface area contributed by atoms with Crippen molar-refractivity contribution in [2.45, 2.75) is 0 Å². The lowest BCUT2D eigenvalue weighted by atomic mass is 10.2. The van der Waals surface area contributed by atoms with Gasteiger partial charge >= 0.3 is 6.09 Å². The van der Waals surface area contributed by atoms with Gasteiger partial charge in [0.15, 0.2) is 0 Å². The summed E-state index contributed by atoms with van der Waals surface area (Å²) in [5.74, 6) is 0.544. The number of ether oxygens (including phenoxy) is 1. The fourth-order valence-electron chi connectivity index (χ4n) is 3.06. The van der Waals surface area contributed by atoms with E-state index in [1.807, 2.05) is 0 Å². The highest BCUT2D eigenvalue weighted by molar-refractivity contribution is 6.05. The average Bonchev–Trinajstić information content (AvgIpc) is 3.21. The number of nitrogens with one attached hydrogen (secondary N) is 1. The summed E-state index contributed by atoms with van der Waals surface area (Å²) in [6.07, 6.45) is 6.87. The number of imidazole rings is 1. The fourth-order valence-corrected chi connectivity index (χ4v) is 3.06. The molecule has 0 aromatic carbocycles. The highest BCUT2D eigenvalue weighted by Gasteiger charge is 2.17. The molecule has 10 nitrogen and oxygen atoms in total. The predicted molar refractivity (Wildman–Crippen MR) is 114 cm³/mol. The van der Waals surface area contributed by atoms with Crippen LogP contribution in [0.25, 0.3) is 16.9 Å². The fraction of sp³-hybridized carbons (Fsp3) is 0.0952. The molecule has 2 amide bonds. The van der Waals surface area contributed by atoms with Crippen molar-refractivity contribution in [2.75, 3.05) is 24.4 Å². The molecule has 0 saturated heterocycles. The van der Waals surface area contributed by atoms with E-state index in [0.717, 1.165) is 5.56 Å². The molecular weight excluding hydrogens is 400 g/mol. The van der Waals surface area contributed by atoms with Crippen molar-refractivity contribution in [3.05, 3.63) is 66.9 Å². The molecule has 0 aliphatic rings. The quantitative estimate of drug-likeness (QED) is 0.510. The number of fused-ring (bicyclic) bond motifs is 1. The van der Waals surface area contributed by atoms with E-state index in [9.17, 15) is 9.59 Å². The molecule has 2 N–H and O–H groups in total. The van der Waals surface area contributed by atoms with Gasteiger partial charge in [0.25, 0.3) is 5.91 Å². The van der Waals surface area contributed by atoms with Crippen LogP contribution >= 0.6 is 0 Å². The van der Waals surface area contributed by atoms with Crippen LogP contribution in [0, 0.1) is 0 Å². The summed E-state index contributed by atoms with van der Waals surface area (Å²) in [5.41, 5.74) is 3.14. The number of nitrogens with zero attached hydrogens (tertiary/aromatic N) is 5. The molecule has 0 aliphatic heterocycles. The number of anilines is 2. The second-order valence-electron chi connectivity index (χ2n) is 6.60. The van der Waals surface area contributed by atoms with Crippen molar-refractivity contribution < 1.29 is 19.4 Å². The van der Waals surface area contributed by atoms with Crippen molar-refractivity contribution in [2.24, 2.45) is 0 Å². The van der Waals surface area contributed by atoms with E-state index in [0.29, 0.717) is 28.3 Å². The number of amides is 2. The van der Waals surface area contributed by atoms with Crippen LogP contribution in [0.5, 0.6) is 5.75 Å². The van der Waals surface area contributed by atoms with Crippen molar-refractivity contribution in [1.82, 2.24) is 19.4 Å². The van der Waals surface area contributed by atoms with E-state index in [-0.39, 0.29) is 11.7 Å². The van der Waals surface area contributed by atoms with Crippen LogP contribution in [0.4, 0.5) is 16.3 Å². The van der Waals surface area contributed by atoms with E-state index >= 15 is 0 Å². The summed E-state index contributed by atoms with van der Waals surface area (Å²) in [6, 6.07) is 8.47. The number of aromatic nitrogens is 4. The molecule has 0 radical (unpaired) electrons. The molecule has 0 spiro atoms. The smallest absolute Gasteiger partial charge is 0.410 e. The third kappa shape index (κ3) is 3.99. The monoisotopic (exact) mass is 418 g/mol. The third-order valence-electron chi connectivity index (χ3n) is 4.67. The molecule has 0 saturated carbocycles. The summed E-state index contributed by atoms with van der Waals surface area (Å²) < 4.78 is 6.96. The Kier molecular flexibility index (Phi) is 5.19. The van der Waals surface area contributed by atoms with Crippen LogP contribution < -0.4 is 15.0 Å². The number of rotatable bonds is 5. The first-order valence-corrected chi connectivity index (χ1v) is 9.17. The Labute approximate surface area is 176 Å². The van der Waals surface area contributed by atoms with Crippen LogP contribution in [0.1, 0.15) is 10.4 Å². The lowest BCUT2D eigenvalue weighted by Gasteiger charge is -2.18. The lowest BCUT2D eigenvalue weighted by molar-refractivity contribution is 0.0992. The first-order chi connectivity index (χ1) is 15.0. The van der Waals surface area contributed by atoms with Crippen molar-refractivity contribution in [1.29, 1.82) is 0 Å². The number of hydrogen-bond donors (Lipinski definition) is 2. The van der Waals surface area contributed by atoms with Gasteiger partial charge in [-0.25, -0.2) is 14.8 Å². The van der Waals surface area contributed by atoms with Crippen LogP contribution in [0.3, 0.4) is 0 Å². The third-order valence-corrected chi connectivity index (χ3v) is 4.67. The summed E-state index contributed by atoms with van der Waals surface area (Å²) in [7, 11) is 3.20. The number of carbonyl (C=O) groups excluding carboxylic acids is 1. The molecule has 0 atom stereocenters. The van der Waals surface area contributed by atoms with Crippen molar-refractivity contribution in [3.63, 3.8) is 0 Å². The van der Waals surface area contributed by atoms with Crippen LogP contribution in [-0.4, -0.2) is 50.6 Å². The molecule has 4 heterocycles. The maximum Gasteiger partial charge on any atom is 0.410 e. The molecule has 0 unspecified atom stereocenters. The topological polar surface area (TPSA) is 122 Å². The van der Waals surface area contributed by atoms with Crippen LogP contribution in [0.15, 0.2) is 61.3 Å². The van der Waals surface area contributed by atoms with Crippen molar-refractivity contribution in [3.8, 4) is 17.0 Å². The first kappa shape index (κ1) is 19.8. The molecule has 4 aromatic heterocycles. The first-order valence-electron chi connectivity index (χ1n) is 9.17. The summed E-state index contributed by atoms with van der Waals surface area (Å²) in [4.78, 5) is 37.8. The average molecular weight is 418 g/mol. The Balaban J connectivity index is 1.66. The normalized spacial score (nSPS) is 10.6. The lowest BCUT2D eigenvalue weighted by Crippen LogP contribution is -2.26. The molecule has 0 fully saturated rings. The van der Waals surface area contributed by atoms with Gasteiger partial charge in [-0.05, 0) is 24.3 Å². The van der Waals surface area contributed by atoms with E-state index in [1.165, 1.54) is 18.2 Å². The van der Waals surface area contributed by atoms with Crippen molar-refractivity contribution >= 4 is 29.2 Å². The molecule has 156 valence electrons. The zero-order valence-corrected chi connectivity index (χ0v) is 16.7. The summed E-state index contributed by atoms with van der Waals surface area (Å²) in [6.45, 7) is 0. The number of pyridine rings is 3. The van der Waals surface area contributed by atoms with Gasteiger partial charge in [0, 0.05) is 31.1 Å². The van der Waals surface area contributed by atoms with Gasteiger partial charge in [-0.3, -0.25) is 19.5 Å². The second-order valence-corrected chi connectivity index (χ2v) is 6.60. The minimum atomic E-state index is -1.19. The van der Waals surface area contributed by atoms with Gasteiger partial charge in [-0.1, -0.05) is 0 Å². The molecule has 4 aromatic rings. The SMILES string of the molecule is COc1cncc(N(C)C(=O)c2ccc3ncc(-c4ccc(NC(=O)O)nc4)n3c2)c1. The van der Waals surface area contributed by atoms with E-state index < -0.39 is 6.09 Å². The molecule has 0 aliphatic carbocycles. The van der Waals surface area contributed by atoms with Gasteiger partial charge in [-0.15, -0.1) is 0 Å². The highest BCUT2D eigenvalue weighted by Crippen LogP contribution is 2.24. The van der Waals surface area contributed by atoms with Crippen LogP contribution in [-0.2, 0) is 0 Å². The second kappa shape index (κ2) is 8.11. The molecule has 10 heteroatoms. The van der Waals surface area contributed by atoms with E-state index in [2.05, 4.69) is 20.3 Å². The highest BCUT2D eigenvalue weighted by atomic mass is 16.5. The van der Waals surface area contributed by atoms with Gasteiger partial charge in [0.2, 0.25) is 0 Å². The Morgan fingerprint density at radius 3 is 2.65 bits per heavy atom. The Morgan fingerprint density at radius 2 is 1.94 bits per heavy atom. The zero-order valence-electron chi connectivity index (χ0n) is 16.7. The predicted octanol–water partition coefficient (Wildman–Crippen LogP) is 3.17. The van der Waals surface area contributed by atoms with Gasteiger partial charge < -0.3 is 14.7 Å². The Bertz CT molecular complexity index is 1270. The zero-order chi connectivity index (χ0) is 22.0. The molecule has 0 bridgehead atoms. The van der Waals surface area contributed by atoms with Gasteiger partial charge in [-0.2, -0.15) is 0 Å². The van der Waals surface area contributed by atoms with Gasteiger partial charge in [0.1, 0.15) is 17.2 Å². The maximum atomic E-state index is 13.1. The minimum absolute atomic E-state index is 0.217. The molecular formula is C21H18N6O4. The number of methoxy groups -OCH3 is 1. The summed E-state index contributed by atoms with van der Waals surface area (Å²) in [5, 5.41) is 11.0. The minimum Gasteiger partial charge on any atom is -0.495 e. The Hall–Kier alpha value is -4.47. The maximum absolute atomic E-state index is 13.1. The Morgan fingerprint density at radius 1 is 1.10 bits per heavy atom. The number of hydrogen-bond acceptors (Lipinski definition) is 6.